The molecule has 1 saturated heterocycles. The van der Waals surface area contributed by atoms with Crippen LogP contribution in [-0.2, 0) is 20.7 Å². The van der Waals surface area contributed by atoms with Crippen LogP contribution < -0.4 is 0 Å². The maximum atomic E-state index is 10.6. The molecular formula is C16H18O3S2. The number of aldehydes is 1. The quantitative estimate of drug-likeness (QED) is 0.788. The number of rotatable bonds is 4. The first-order valence-electron chi connectivity index (χ1n) is 6.93. The fourth-order valence-corrected chi connectivity index (χ4v) is 4.22. The highest BCUT2D eigenvalue weighted by Crippen LogP contribution is 2.39. The average Bonchev–Trinajstić information content (AvgIpc) is 3.08. The molecule has 0 amide bonds. The summed E-state index contributed by atoms with van der Waals surface area (Å²) in [6, 6.07) is 8.26. The van der Waals surface area contributed by atoms with E-state index >= 15 is 0 Å². The van der Waals surface area contributed by atoms with Crippen LogP contribution in [0.3, 0.4) is 0 Å². The second kappa shape index (κ2) is 6.01. The summed E-state index contributed by atoms with van der Waals surface area (Å²) < 4.78 is 11.6. The first-order valence-corrected chi connectivity index (χ1v) is 8.56. The van der Waals surface area contributed by atoms with E-state index in [0.717, 1.165) is 16.0 Å². The summed E-state index contributed by atoms with van der Waals surface area (Å²) in [7, 11) is 0. The predicted molar refractivity (Wildman–Crippen MR) is 85.8 cm³/mol. The zero-order valence-corrected chi connectivity index (χ0v) is 13.8. The molecule has 0 radical (unpaired) electrons. The number of hydrogen-bond acceptors (Lipinski definition) is 5. The van der Waals surface area contributed by atoms with E-state index in [9.17, 15) is 4.79 Å². The fourth-order valence-electron chi connectivity index (χ4n) is 2.17. The van der Waals surface area contributed by atoms with E-state index in [2.05, 4.69) is 32.0 Å². The van der Waals surface area contributed by atoms with E-state index < -0.39 is 0 Å². The zero-order valence-electron chi connectivity index (χ0n) is 12.1. The molecule has 0 spiro atoms. The number of thiophene rings is 2. The maximum absolute atomic E-state index is 10.6. The molecule has 0 aromatic carbocycles. The molecule has 1 fully saturated rings. The molecule has 112 valence electrons. The molecule has 1 aliphatic rings. The van der Waals surface area contributed by atoms with Gasteiger partial charge >= 0.3 is 0 Å². The van der Waals surface area contributed by atoms with Crippen molar-refractivity contribution in [3.63, 3.8) is 0 Å². The summed E-state index contributed by atoms with van der Waals surface area (Å²) in [6.07, 6.45) is 1.19. The zero-order chi connectivity index (χ0) is 14.9. The van der Waals surface area contributed by atoms with Gasteiger partial charge in [-0.3, -0.25) is 0 Å². The van der Waals surface area contributed by atoms with Gasteiger partial charge in [-0.15, -0.1) is 22.7 Å². The van der Waals surface area contributed by atoms with E-state index in [1.165, 1.54) is 9.75 Å². The summed E-state index contributed by atoms with van der Waals surface area (Å²) in [5, 5.41) is 0. The molecule has 0 atom stereocenters. The summed E-state index contributed by atoms with van der Waals surface area (Å²) in [6.45, 7) is 5.72. The Hall–Kier alpha value is -1.01. The molecule has 2 aromatic heterocycles. The first-order chi connectivity index (χ1) is 10.1. The van der Waals surface area contributed by atoms with Gasteiger partial charge < -0.3 is 14.3 Å². The third-order valence-corrected chi connectivity index (χ3v) is 5.71. The van der Waals surface area contributed by atoms with Gasteiger partial charge in [-0.25, -0.2) is 0 Å². The van der Waals surface area contributed by atoms with Crippen molar-refractivity contribution in [1.82, 2.24) is 0 Å². The molecule has 0 aliphatic carbocycles. The van der Waals surface area contributed by atoms with E-state index in [0.29, 0.717) is 19.6 Å². The van der Waals surface area contributed by atoms with Gasteiger partial charge in [0, 0.05) is 26.5 Å². The van der Waals surface area contributed by atoms with Crippen LogP contribution in [0.4, 0.5) is 0 Å². The Morgan fingerprint density at radius 3 is 2.52 bits per heavy atom. The second-order valence-corrected chi connectivity index (χ2v) is 8.24. The van der Waals surface area contributed by atoms with Crippen molar-refractivity contribution in [1.29, 1.82) is 0 Å². The third kappa shape index (κ3) is 3.43. The van der Waals surface area contributed by atoms with E-state index in [-0.39, 0.29) is 11.7 Å². The van der Waals surface area contributed by atoms with Crippen molar-refractivity contribution in [2.75, 3.05) is 13.2 Å². The van der Waals surface area contributed by atoms with Gasteiger partial charge in [0.1, 0.15) is 6.29 Å². The summed E-state index contributed by atoms with van der Waals surface area (Å²) >= 11 is 3.36. The average molecular weight is 322 g/mol. The minimum Gasteiger partial charge on any atom is -0.347 e. The standard InChI is InChI=1S/C16H18O3S2/c1-16(2)9-18-15(19-10-16)14-6-5-13(21-14)12-4-3-11(20-12)7-8-17/h3-6,8,15H,7,9-10H2,1-2H3. The molecule has 21 heavy (non-hydrogen) atoms. The SMILES string of the molecule is CC1(C)COC(c2ccc(-c3ccc(CC=O)s3)s2)OC1. The highest BCUT2D eigenvalue weighted by molar-refractivity contribution is 7.22. The molecule has 0 saturated carbocycles. The topological polar surface area (TPSA) is 35.5 Å². The van der Waals surface area contributed by atoms with Gasteiger partial charge in [-0.1, -0.05) is 13.8 Å². The molecule has 0 bridgehead atoms. The van der Waals surface area contributed by atoms with Gasteiger partial charge in [0.15, 0.2) is 6.29 Å². The minimum atomic E-state index is -0.244. The largest absolute Gasteiger partial charge is 0.347 e. The highest BCUT2D eigenvalue weighted by Gasteiger charge is 2.30. The lowest BCUT2D eigenvalue weighted by molar-refractivity contribution is -0.224. The lowest BCUT2D eigenvalue weighted by Crippen LogP contribution is -2.33. The van der Waals surface area contributed by atoms with Crippen LogP contribution in [0.15, 0.2) is 24.3 Å². The third-order valence-electron chi connectivity index (χ3n) is 3.30. The van der Waals surface area contributed by atoms with Gasteiger partial charge in [0.25, 0.3) is 0 Å². The normalized spacial score (nSPS) is 18.8. The lowest BCUT2D eigenvalue weighted by atomic mass is 9.96. The Balaban J connectivity index is 1.72. The maximum Gasteiger partial charge on any atom is 0.193 e. The van der Waals surface area contributed by atoms with Crippen LogP contribution >= 0.6 is 22.7 Å². The molecule has 1 aliphatic heterocycles. The second-order valence-electron chi connectivity index (χ2n) is 5.96. The van der Waals surface area contributed by atoms with Gasteiger partial charge in [-0.05, 0) is 24.3 Å². The van der Waals surface area contributed by atoms with Crippen molar-refractivity contribution in [2.45, 2.75) is 26.6 Å². The molecule has 2 aromatic rings. The Kier molecular flexibility index (Phi) is 4.26. The predicted octanol–water partition coefficient (Wildman–Crippen LogP) is 4.29. The van der Waals surface area contributed by atoms with Crippen LogP contribution in [0.2, 0.25) is 0 Å². The monoisotopic (exact) mass is 322 g/mol. The summed E-state index contributed by atoms with van der Waals surface area (Å²) in [5.41, 5.74) is 0.0913. The van der Waals surface area contributed by atoms with E-state index in [1.54, 1.807) is 22.7 Å². The van der Waals surface area contributed by atoms with Crippen molar-refractivity contribution in [3.05, 3.63) is 34.0 Å². The van der Waals surface area contributed by atoms with Crippen LogP contribution in [0.25, 0.3) is 9.75 Å². The van der Waals surface area contributed by atoms with Crippen molar-refractivity contribution in [2.24, 2.45) is 5.41 Å². The molecule has 0 N–H and O–H groups in total. The molecule has 3 nitrogen and oxygen atoms in total. The van der Waals surface area contributed by atoms with Crippen molar-refractivity contribution in [3.8, 4) is 9.75 Å². The molecule has 0 unspecified atom stereocenters. The highest BCUT2D eigenvalue weighted by atomic mass is 32.1. The van der Waals surface area contributed by atoms with Crippen LogP contribution in [0, 0.1) is 5.41 Å². The minimum absolute atomic E-state index is 0.0913. The molecule has 3 heterocycles. The Morgan fingerprint density at radius 2 is 1.81 bits per heavy atom. The smallest absolute Gasteiger partial charge is 0.193 e. The van der Waals surface area contributed by atoms with E-state index in [1.807, 2.05) is 6.07 Å². The summed E-state index contributed by atoms with van der Waals surface area (Å²) in [4.78, 5) is 15.2. The van der Waals surface area contributed by atoms with Crippen LogP contribution in [-0.4, -0.2) is 19.5 Å². The number of carbonyl (C=O) groups excluding carboxylic acids is 1. The van der Waals surface area contributed by atoms with Crippen LogP contribution in [0.5, 0.6) is 0 Å². The Labute approximate surface area is 132 Å². The summed E-state index contributed by atoms with van der Waals surface area (Å²) in [5.74, 6) is 0. The lowest BCUT2D eigenvalue weighted by Gasteiger charge is -2.34. The van der Waals surface area contributed by atoms with Crippen molar-refractivity contribution >= 4 is 29.0 Å². The van der Waals surface area contributed by atoms with Crippen molar-refractivity contribution < 1.29 is 14.3 Å². The molecule has 3 rings (SSSR count). The Morgan fingerprint density at radius 1 is 1.14 bits per heavy atom. The van der Waals surface area contributed by atoms with Gasteiger partial charge in [0.2, 0.25) is 0 Å². The number of ether oxygens (including phenoxy) is 2. The molecule has 5 heteroatoms. The Bertz CT molecular complexity index is 617. The molecular weight excluding hydrogens is 304 g/mol. The van der Waals surface area contributed by atoms with Crippen LogP contribution in [0.1, 0.15) is 29.9 Å². The first kappa shape index (κ1) is 14.9. The van der Waals surface area contributed by atoms with Gasteiger partial charge in [0.05, 0.1) is 18.1 Å². The van der Waals surface area contributed by atoms with E-state index in [4.69, 9.17) is 9.47 Å². The number of hydrogen-bond donors (Lipinski definition) is 0. The van der Waals surface area contributed by atoms with Gasteiger partial charge in [-0.2, -0.15) is 0 Å². The fraction of sp³-hybridized carbons (Fsp3) is 0.438. The number of carbonyl (C=O) groups is 1.